The van der Waals surface area contributed by atoms with Gasteiger partial charge < -0.3 is 24.7 Å². The Kier molecular flexibility index (Phi) is 7.95. The molecule has 1 aliphatic heterocycles. The molecule has 2 N–H and O–H groups in total. The van der Waals surface area contributed by atoms with E-state index in [1.807, 2.05) is 62.6 Å². The van der Waals surface area contributed by atoms with Gasteiger partial charge in [0.15, 0.2) is 0 Å². The third-order valence-corrected chi connectivity index (χ3v) is 6.50. The van der Waals surface area contributed by atoms with E-state index in [9.17, 15) is 13.8 Å². The van der Waals surface area contributed by atoms with Gasteiger partial charge in [0.1, 0.15) is 29.0 Å². The molecule has 2 aromatic rings. The first kappa shape index (κ1) is 23.8. The highest BCUT2D eigenvalue weighted by atomic mass is 32.2. The van der Waals surface area contributed by atoms with Crippen LogP contribution in [0.15, 0.2) is 40.3 Å². The summed E-state index contributed by atoms with van der Waals surface area (Å²) in [6, 6.07) is 9.06. The van der Waals surface area contributed by atoms with E-state index >= 15 is 0 Å². The van der Waals surface area contributed by atoms with Crippen LogP contribution >= 0.6 is 0 Å². The number of alkyl carbamates (subject to hydrolysis) is 2. The maximum Gasteiger partial charge on any atom is 0.407 e. The smallest absolute Gasteiger partial charge is 0.407 e. The van der Waals surface area contributed by atoms with Gasteiger partial charge in [-0.1, -0.05) is 18.2 Å². The molecule has 0 saturated carbocycles. The fourth-order valence-electron chi connectivity index (χ4n) is 3.70. The van der Waals surface area contributed by atoms with Gasteiger partial charge in [0.2, 0.25) is 0 Å². The number of hydrogen-bond acceptors (Lipinski definition) is 5. The van der Waals surface area contributed by atoms with Crippen LogP contribution in [0.25, 0.3) is 0 Å². The molecule has 1 unspecified atom stereocenters. The zero-order chi connectivity index (χ0) is 23.3. The number of nitrogens with one attached hydrogen (secondary N) is 2. The van der Waals surface area contributed by atoms with Crippen molar-refractivity contribution in [3.05, 3.63) is 47.2 Å². The second-order valence-electron chi connectivity index (χ2n) is 8.30. The molecule has 1 aromatic heterocycles. The van der Waals surface area contributed by atoms with Gasteiger partial charge in [-0.3, -0.25) is 0 Å². The molecule has 0 aliphatic carbocycles. The summed E-state index contributed by atoms with van der Waals surface area (Å²) in [5, 5.41) is 6.00. The number of rotatable bonds is 8. The van der Waals surface area contributed by atoms with E-state index in [2.05, 4.69) is 10.6 Å². The highest BCUT2D eigenvalue weighted by Crippen LogP contribution is 2.34. The molecule has 2 amide bonds. The first-order chi connectivity index (χ1) is 15.3. The van der Waals surface area contributed by atoms with E-state index in [1.165, 1.54) is 0 Å². The second kappa shape index (κ2) is 10.7. The summed E-state index contributed by atoms with van der Waals surface area (Å²) in [5.74, 6) is 0. The summed E-state index contributed by atoms with van der Waals surface area (Å²) in [7, 11) is -1.47. The number of ether oxygens (including phenoxy) is 2. The van der Waals surface area contributed by atoms with Crippen LogP contribution in [0.2, 0.25) is 0 Å². The number of benzene rings is 1. The van der Waals surface area contributed by atoms with Gasteiger partial charge in [-0.05, 0) is 52.7 Å². The summed E-state index contributed by atoms with van der Waals surface area (Å²) in [6.07, 6.45) is 0.621. The number of nitrogens with zero attached hydrogens (tertiary/aromatic N) is 1. The van der Waals surface area contributed by atoms with E-state index in [0.29, 0.717) is 22.0 Å². The summed E-state index contributed by atoms with van der Waals surface area (Å²) in [5.41, 5.74) is 2.38. The Morgan fingerprint density at radius 3 is 2.09 bits per heavy atom. The van der Waals surface area contributed by atoms with Gasteiger partial charge in [-0.25, -0.2) is 13.8 Å². The normalized spacial score (nSPS) is 13.7. The van der Waals surface area contributed by atoms with Crippen LogP contribution in [0.4, 0.5) is 9.59 Å². The first-order valence-corrected chi connectivity index (χ1v) is 12.0. The molecule has 0 radical (unpaired) electrons. The topological polar surface area (TPSA) is 98.7 Å². The number of amides is 2. The van der Waals surface area contributed by atoms with Crippen LogP contribution in [0.1, 0.15) is 50.9 Å². The number of aromatic nitrogens is 1. The van der Waals surface area contributed by atoms with Gasteiger partial charge in [0.05, 0.1) is 0 Å². The average molecular weight is 462 g/mol. The van der Waals surface area contributed by atoms with Gasteiger partial charge in [0, 0.05) is 40.3 Å². The van der Waals surface area contributed by atoms with Gasteiger partial charge in [0.25, 0.3) is 0 Å². The van der Waals surface area contributed by atoms with E-state index < -0.39 is 23.0 Å². The van der Waals surface area contributed by atoms with Crippen LogP contribution in [-0.2, 0) is 46.5 Å². The molecule has 1 aliphatic rings. The van der Waals surface area contributed by atoms with Crippen molar-refractivity contribution in [3.63, 3.8) is 0 Å². The molecule has 3 rings (SSSR count). The summed E-state index contributed by atoms with van der Waals surface area (Å²) in [6.45, 7) is 8.07. The lowest BCUT2D eigenvalue weighted by molar-refractivity contribution is 0.128. The SMILES string of the molecule is CC(C)NC(=O)OCc1c(COC(=O)NC(C)C)c(S(=O)c2ccccc2)n2c1CCC2. The standard InChI is InChI=1S/C23H31N3O5S/c1-15(2)24-22(27)30-13-18-19(14-31-23(28)25-16(3)4)21(26-12-8-11-20(18)26)32(29)17-9-6-5-7-10-17/h5-7,9-10,15-16H,8,11-14H2,1-4H3,(H,24,27)(H,25,28). The zero-order valence-corrected chi connectivity index (χ0v) is 19.8. The maximum atomic E-state index is 13.6. The maximum absolute atomic E-state index is 13.6. The van der Waals surface area contributed by atoms with Crippen molar-refractivity contribution in [1.82, 2.24) is 15.2 Å². The molecule has 1 aromatic carbocycles. The summed E-state index contributed by atoms with van der Waals surface area (Å²) in [4.78, 5) is 24.9. The highest BCUT2D eigenvalue weighted by Gasteiger charge is 2.30. The number of carbonyl (C=O) groups excluding carboxylic acids is 2. The molecule has 0 spiro atoms. The minimum absolute atomic E-state index is 0.0182. The van der Waals surface area contributed by atoms with Crippen molar-refractivity contribution in [1.29, 1.82) is 0 Å². The lowest BCUT2D eigenvalue weighted by atomic mass is 10.1. The van der Waals surface area contributed by atoms with Crippen molar-refractivity contribution < 1.29 is 23.3 Å². The van der Waals surface area contributed by atoms with Gasteiger partial charge >= 0.3 is 12.2 Å². The molecule has 2 heterocycles. The predicted octanol–water partition coefficient (Wildman–Crippen LogP) is 3.87. The molecular weight excluding hydrogens is 430 g/mol. The second-order valence-corrected chi connectivity index (χ2v) is 9.69. The van der Waals surface area contributed by atoms with Crippen LogP contribution in [0.3, 0.4) is 0 Å². The third-order valence-electron chi connectivity index (χ3n) is 4.98. The van der Waals surface area contributed by atoms with Gasteiger partial charge in [-0.15, -0.1) is 0 Å². The molecule has 0 fully saturated rings. The quantitative estimate of drug-likeness (QED) is 0.622. The van der Waals surface area contributed by atoms with E-state index in [-0.39, 0.29) is 25.3 Å². The van der Waals surface area contributed by atoms with Crippen molar-refractivity contribution in [2.24, 2.45) is 0 Å². The lowest BCUT2D eigenvalue weighted by Gasteiger charge is -2.14. The number of carbonyl (C=O) groups is 2. The Bertz CT molecular complexity index is 985. The number of hydrogen-bond donors (Lipinski definition) is 2. The van der Waals surface area contributed by atoms with Crippen LogP contribution in [0, 0.1) is 0 Å². The van der Waals surface area contributed by atoms with Crippen LogP contribution in [0.5, 0.6) is 0 Å². The van der Waals surface area contributed by atoms with Crippen LogP contribution in [-0.4, -0.2) is 33.0 Å². The number of fused-ring (bicyclic) bond motifs is 1. The first-order valence-electron chi connectivity index (χ1n) is 10.8. The summed E-state index contributed by atoms with van der Waals surface area (Å²) < 4.78 is 26.5. The fourth-order valence-corrected chi connectivity index (χ4v) is 5.13. The minimum Gasteiger partial charge on any atom is -0.445 e. The minimum atomic E-state index is -1.47. The Morgan fingerprint density at radius 2 is 1.53 bits per heavy atom. The van der Waals surface area contributed by atoms with Gasteiger partial charge in [-0.2, -0.15) is 0 Å². The monoisotopic (exact) mass is 461 g/mol. The highest BCUT2D eigenvalue weighted by molar-refractivity contribution is 7.85. The molecule has 32 heavy (non-hydrogen) atoms. The molecule has 0 bridgehead atoms. The fraction of sp³-hybridized carbons (Fsp3) is 0.478. The van der Waals surface area contributed by atoms with E-state index in [4.69, 9.17) is 9.47 Å². The Balaban J connectivity index is 1.96. The Morgan fingerprint density at radius 1 is 0.969 bits per heavy atom. The summed E-state index contributed by atoms with van der Waals surface area (Å²) >= 11 is 0. The molecule has 9 heteroatoms. The van der Waals surface area contributed by atoms with Crippen molar-refractivity contribution in [2.75, 3.05) is 0 Å². The molecule has 1 atom stereocenters. The molecule has 174 valence electrons. The molecular formula is C23H31N3O5S. The van der Waals surface area contributed by atoms with Crippen molar-refractivity contribution >= 4 is 23.0 Å². The molecule has 8 nitrogen and oxygen atoms in total. The average Bonchev–Trinajstić information content (AvgIpc) is 3.30. The van der Waals surface area contributed by atoms with Crippen LogP contribution < -0.4 is 10.6 Å². The Hall–Kier alpha value is -2.81. The Labute approximate surface area is 191 Å². The van der Waals surface area contributed by atoms with Crippen molar-refractivity contribution in [3.8, 4) is 0 Å². The zero-order valence-electron chi connectivity index (χ0n) is 19.0. The van der Waals surface area contributed by atoms with E-state index in [0.717, 1.165) is 24.1 Å². The lowest BCUT2D eigenvalue weighted by Crippen LogP contribution is -2.31. The predicted molar refractivity (Wildman–Crippen MR) is 121 cm³/mol. The molecule has 0 saturated heterocycles. The van der Waals surface area contributed by atoms with Crippen molar-refractivity contribution in [2.45, 2.75) is 82.3 Å². The van der Waals surface area contributed by atoms with E-state index in [1.54, 1.807) is 0 Å². The third kappa shape index (κ3) is 5.70. The largest absolute Gasteiger partial charge is 0.445 e.